The zero-order valence-electron chi connectivity index (χ0n) is 13.6. The number of carbonyl (C=O) groups is 1. The topological polar surface area (TPSA) is 42.0 Å². The fourth-order valence-corrected chi connectivity index (χ4v) is 3.25. The van der Waals surface area contributed by atoms with Gasteiger partial charge in [0.1, 0.15) is 17.3 Å². The maximum atomic E-state index is 13.3. The van der Waals surface area contributed by atoms with Crippen molar-refractivity contribution in [1.29, 1.82) is 0 Å². The van der Waals surface area contributed by atoms with Crippen LogP contribution in [0, 0.1) is 11.6 Å². The number of amides is 1. The van der Waals surface area contributed by atoms with E-state index in [-0.39, 0.29) is 17.9 Å². The summed E-state index contributed by atoms with van der Waals surface area (Å²) < 4.78 is 26.6. The van der Waals surface area contributed by atoms with E-state index in [0.29, 0.717) is 17.0 Å². The molecule has 0 bridgehead atoms. The number of rotatable bonds is 4. The number of benzene rings is 1. The Morgan fingerprint density at radius 2 is 1.83 bits per heavy atom. The molecule has 3 rings (SSSR count). The fraction of sp³-hybridized carbons (Fsp3) is 0.368. The largest absolute Gasteiger partial charge is 0.346 e. The third-order valence-electron chi connectivity index (χ3n) is 4.47. The molecule has 1 heterocycles. The lowest BCUT2D eigenvalue weighted by molar-refractivity contribution is 0.0902. The van der Waals surface area contributed by atoms with E-state index in [2.05, 4.69) is 17.2 Å². The highest BCUT2D eigenvalue weighted by atomic mass is 19.1. The summed E-state index contributed by atoms with van der Waals surface area (Å²) in [6, 6.07) is 8.53. The van der Waals surface area contributed by atoms with E-state index in [1.165, 1.54) is 12.1 Å². The molecule has 1 saturated carbocycles. The Morgan fingerprint density at radius 3 is 2.50 bits per heavy atom. The molecule has 1 amide bonds. The maximum absolute atomic E-state index is 13.3. The Kier molecular flexibility index (Phi) is 4.60. The van der Waals surface area contributed by atoms with Gasteiger partial charge in [-0.1, -0.05) is 18.9 Å². The van der Waals surface area contributed by atoms with Crippen molar-refractivity contribution in [3.05, 3.63) is 65.0 Å². The SMILES string of the molecule is CC1(NC(=O)c2cccc(Cc3cc(F)cc(F)c3)n2)CCCC1. The number of carbonyl (C=O) groups excluding carboxylic acids is 1. The lowest BCUT2D eigenvalue weighted by Crippen LogP contribution is -2.43. The van der Waals surface area contributed by atoms with Crippen LogP contribution in [0.3, 0.4) is 0 Å². The van der Waals surface area contributed by atoms with Crippen LogP contribution in [-0.4, -0.2) is 16.4 Å². The van der Waals surface area contributed by atoms with Crippen molar-refractivity contribution >= 4 is 5.91 Å². The van der Waals surface area contributed by atoms with E-state index < -0.39 is 11.6 Å². The molecule has 24 heavy (non-hydrogen) atoms. The molecule has 1 aromatic heterocycles. The molecule has 5 heteroatoms. The molecule has 1 aromatic carbocycles. The van der Waals surface area contributed by atoms with Crippen molar-refractivity contribution in [3.8, 4) is 0 Å². The number of hydrogen-bond acceptors (Lipinski definition) is 2. The summed E-state index contributed by atoms with van der Waals surface area (Å²) in [7, 11) is 0. The van der Waals surface area contributed by atoms with Gasteiger partial charge in [0, 0.05) is 23.7 Å². The van der Waals surface area contributed by atoms with Gasteiger partial charge in [-0.2, -0.15) is 0 Å². The lowest BCUT2D eigenvalue weighted by atomic mass is 10.0. The van der Waals surface area contributed by atoms with Gasteiger partial charge in [-0.15, -0.1) is 0 Å². The summed E-state index contributed by atoms with van der Waals surface area (Å²) in [4.78, 5) is 16.8. The summed E-state index contributed by atoms with van der Waals surface area (Å²) in [5.74, 6) is -1.44. The van der Waals surface area contributed by atoms with E-state index >= 15 is 0 Å². The van der Waals surface area contributed by atoms with Crippen LogP contribution in [-0.2, 0) is 6.42 Å². The second kappa shape index (κ2) is 6.67. The van der Waals surface area contributed by atoms with Crippen LogP contribution in [0.4, 0.5) is 8.78 Å². The van der Waals surface area contributed by atoms with E-state index in [0.717, 1.165) is 31.7 Å². The Bertz CT molecular complexity index is 735. The summed E-state index contributed by atoms with van der Waals surface area (Å²) >= 11 is 0. The number of pyridine rings is 1. The van der Waals surface area contributed by atoms with Crippen LogP contribution in [0.15, 0.2) is 36.4 Å². The fourth-order valence-electron chi connectivity index (χ4n) is 3.25. The van der Waals surface area contributed by atoms with Crippen LogP contribution >= 0.6 is 0 Å². The molecular formula is C19H20F2N2O. The molecule has 0 spiro atoms. The molecule has 3 nitrogen and oxygen atoms in total. The number of aromatic nitrogens is 1. The van der Waals surface area contributed by atoms with Gasteiger partial charge in [0.05, 0.1) is 0 Å². The Labute approximate surface area is 140 Å². The molecule has 1 aliphatic rings. The van der Waals surface area contributed by atoms with Crippen LogP contribution in [0.25, 0.3) is 0 Å². The number of hydrogen-bond donors (Lipinski definition) is 1. The van der Waals surface area contributed by atoms with Crippen LogP contribution in [0.5, 0.6) is 0 Å². The molecule has 1 aliphatic carbocycles. The first-order valence-corrected chi connectivity index (χ1v) is 8.17. The van der Waals surface area contributed by atoms with Crippen molar-refractivity contribution in [3.63, 3.8) is 0 Å². The van der Waals surface area contributed by atoms with E-state index in [9.17, 15) is 13.6 Å². The molecule has 126 valence electrons. The van der Waals surface area contributed by atoms with E-state index in [1.807, 2.05) is 0 Å². The average molecular weight is 330 g/mol. The van der Waals surface area contributed by atoms with E-state index in [1.54, 1.807) is 18.2 Å². The first-order valence-electron chi connectivity index (χ1n) is 8.17. The first kappa shape index (κ1) is 16.6. The molecule has 0 saturated heterocycles. The predicted molar refractivity (Wildman–Crippen MR) is 87.7 cm³/mol. The minimum atomic E-state index is -0.618. The minimum absolute atomic E-state index is 0.166. The first-order chi connectivity index (χ1) is 11.4. The standard InChI is InChI=1S/C19H20F2N2O/c1-19(7-2-3-8-19)23-18(24)17-6-4-5-16(22-17)11-13-9-14(20)12-15(21)10-13/h4-6,9-10,12H,2-3,7-8,11H2,1H3,(H,23,24). The van der Waals surface area contributed by atoms with Crippen molar-refractivity contribution in [2.75, 3.05) is 0 Å². The third kappa shape index (κ3) is 3.96. The minimum Gasteiger partial charge on any atom is -0.346 e. The molecule has 0 unspecified atom stereocenters. The summed E-state index contributed by atoms with van der Waals surface area (Å²) in [5.41, 5.74) is 1.25. The highest BCUT2D eigenvalue weighted by Gasteiger charge is 2.30. The van der Waals surface area contributed by atoms with Crippen molar-refractivity contribution in [1.82, 2.24) is 10.3 Å². The Morgan fingerprint density at radius 1 is 1.17 bits per heavy atom. The molecule has 0 atom stereocenters. The quantitative estimate of drug-likeness (QED) is 0.920. The molecule has 2 aromatic rings. The summed E-state index contributed by atoms with van der Waals surface area (Å²) in [5, 5.41) is 3.06. The van der Waals surface area contributed by atoms with Gasteiger partial charge >= 0.3 is 0 Å². The van der Waals surface area contributed by atoms with Crippen molar-refractivity contribution in [2.45, 2.75) is 44.6 Å². The Balaban J connectivity index is 1.75. The summed E-state index contributed by atoms with van der Waals surface area (Å²) in [6.07, 6.45) is 4.46. The molecule has 1 fully saturated rings. The van der Waals surface area contributed by atoms with Crippen LogP contribution < -0.4 is 5.32 Å². The molecular weight excluding hydrogens is 310 g/mol. The van der Waals surface area contributed by atoms with Crippen LogP contribution in [0.1, 0.15) is 54.4 Å². The van der Waals surface area contributed by atoms with Gasteiger partial charge in [0.2, 0.25) is 0 Å². The van der Waals surface area contributed by atoms with Gasteiger partial charge < -0.3 is 5.32 Å². The second-order valence-corrected chi connectivity index (χ2v) is 6.69. The van der Waals surface area contributed by atoms with Crippen molar-refractivity contribution in [2.24, 2.45) is 0 Å². The van der Waals surface area contributed by atoms with Gasteiger partial charge in [0.15, 0.2) is 0 Å². The number of halogens is 2. The zero-order valence-corrected chi connectivity index (χ0v) is 13.6. The highest BCUT2D eigenvalue weighted by molar-refractivity contribution is 5.92. The highest BCUT2D eigenvalue weighted by Crippen LogP contribution is 2.29. The van der Waals surface area contributed by atoms with E-state index in [4.69, 9.17) is 0 Å². The molecule has 1 N–H and O–H groups in total. The summed E-state index contributed by atoms with van der Waals surface area (Å²) in [6.45, 7) is 2.05. The Hall–Kier alpha value is -2.30. The van der Waals surface area contributed by atoms with Gasteiger partial charge in [-0.3, -0.25) is 4.79 Å². The average Bonchev–Trinajstić information content (AvgIpc) is 2.92. The predicted octanol–water partition coefficient (Wildman–Crippen LogP) is 4.01. The lowest BCUT2D eigenvalue weighted by Gasteiger charge is -2.25. The van der Waals surface area contributed by atoms with Crippen LogP contribution in [0.2, 0.25) is 0 Å². The number of nitrogens with one attached hydrogen (secondary N) is 1. The maximum Gasteiger partial charge on any atom is 0.270 e. The molecule has 0 aliphatic heterocycles. The second-order valence-electron chi connectivity index (χ2n) is 6.69. The third-order valence-corrected chi connectivity index (χ3v) is 4.47. The number of nitrogens with zero attached hydrogens (tertiary/aromatic N) is 1. The normalized spacial score (nSPS) is 16.1. The van der Waals surface area contributed by atoms with Crippen molar-refractivity contribution < 1.29 is 13.6 Å². The van der Waals surface area contributed by atoms with Gasteiger partial charge in [-0.05, 0) is 49.6 Å². The smallest absolute Gasteiger partial charge is 0.270 e. The molecule has 0 radical (unpaired) electrons. The van der Waals surface area contributed by atoms with Gasteiger partial charge in [0.25, 0.3) is 5.91 Å². The monoisotopic (exact) mass is 330 g/mol. The van der Waals surface area contributed by atoms with Gasteiger partial charge in [-0.25, -0.2) is 13.8 Å². The zero-order chi connectivity index (χ0) is 17.2.